The summed E-state index contributed by atoms with van der Waals surface area (Å²) < 4.78 is 18.5. The number of carbonyl (C=O) groups excluding carboxylic acids is 2. The number of amides is 1. The molecule has 1 aliphatic carbocycles. The van der Waals surface area contributed by atoms with Crippen LogP contribution in [0.5, 0.6) is 0 Å². The zero-order chi connectivity index (χ0) is 14.5. The molecule has 0 saturated heterocycles. The van der Waals surface area contributed by atoms with Crippen molar-refractivity contribution in [3.05, 3.63) is 30.1 Å². The van der Waals surface area contributed by atoms with Crippen LogP contribution in [0.3, 0.4) is 0 Å². The largest absolute Gasteiger partial charge is 0.452 e. The number of benzene rings is 1. The van der Waals surface area contributed by atoms with Gasteiger partial charge in [0.05, 0.1) is 11.6 Å². The van der Waals surface area contributed by atoms with Crippen LogP contribution in [0.4, 0.5) is 10.1 Å². The lowest BCUT2D eigenvalue weighted by atomic mass is 10.1. The van der Waals surface area contributed by atoms with E-state index in [1.165, 1.54) is 25.1 Å². The molecule has 2 rings (SSSR count). The summed E-state index contributed by atoms with van der Waals surface area (Å²) in [5.74, 6) is -1.48. The van der Waals surface area contributed by atoms with E-state index in [2.05, 4.69) is 5.32 Å². The molecule has 1 aromatic carbocycles. The summed E-state index contributed by atoms with van der Waals surface area (Å²) >= 11 is 0. The Morgan fingerprint density at radius 3 is 2.60 bits per heavy atom. The van der Waals surface area contributed by atoms with Crippen molar-refractivity contribution in [1.29, 1.82) is 0 Å². The molecule has 1 unspecified atom stereocenters. The third-order valence-corrected chi connectivity index (χ3v) is 3.48. The molecule has 1 aromatic rings. The van der Waals surface area contributed by atoms with Crippen LogP contribution >= 0.6 is 0 Å². The van der Waals surface area contributed by atoms with Crippen LogP contribution in [0.2, 0.25) is 0 Å². The molecule has 1 atom stereocenters. The van der Waals surface area contributed by atoms with Crippen LogP contribution < -0.4 is 5.32 Å². The molecule has 0 aliphatic heterocycles. The van der Waals surface area contributed by atoms with Crippen molar-refractivity contribution in [2.24, 2.45) is 5.92 Å². The van der Waals surface area contributed by atoms with Crippen molar-refractivity contribution in [3.63, 3.8) is 0 Å². The van der Waals surface area contributed by atoms with Gasteiger partial charge in [-0.2, -0.15) is 0 Å². The summed E-state index contributed by atoms with van der Waals surface area (Å²) in [6.45, 7) is 1.49. The fraction of sp³-hybridized carbons (Fsp3) is 0.467. The van der Waals surface area contributed by atoms with Gasteiger partial charge in [0.1, 0.15) is 5.82 Å². The Bertz CT molecular complexity index is 498. The molecule has 108 valence electrons. The maximum atomic E-state index is 13.4. The standard InChI is InChI=1S/C15H18FNO3/c1-10(20-15(19)11-6-2-3-7-11)14(18)17-13-9-5-4-8-12(13)16/h4-5,8-11H,2-3,6-7H2,1H3,(H,17,18). The number of esters is 1. The second-order valence-corrected chi connectivity index (χ2v) is 5.03. The van der Waals surface area contributed by atoms with Crippen molar-refractivity contribution in [3.8, 4) is 0 Å². The number of halogens is 1. The number of nitrogens with one attached hydrogen (secondary N) is 1. The highest BCUT2D eigenvalue weighted by atomic mass is 19.1. The summed E-state index contributed by atoms with van der Waals surface area (Å²) in [6.07, 6.45) is 2.76. The Hall–Kier alpha value is -1.91. The molecule has 1 amide bonds. The van der Waals surface area contributed by atoms with Gasteiger partial charge in [-0.3, -0.25) is 9.59 Å². The molecule has 1 aliphatic rings. The molecule has 1 N–H and O–H groups in total. The third kappa shape index (κ3) is 3.56. The Balaban J connectivity index is 1.88. The zero-order valence-corrected chi connectivity index (χ0v) is 11.4. The normalized spacial score (nSPS) is 16.7. The van der Waals surface area contributed by atoms with Crippen molar-refractivity contribution in [1.82, 2.24) is 0 Å². The van der Waals surface area contributed by atoms with E-state index in [0.29, 0.717) is 0 Å². The van der Waals surface area contributed by atoms with E-state index >= 15 is 0 Å². The second kappa shape index (κ2) is 6.50. The van der Waals surface area contributed by atoms with Crippen molar-refractivity contribution < 1.29 is 18.7 Å². The van der Waals surface area contributed by atoms with Crippen LogP contribution in [-0.4, -0.2) is 18.0 Å². The van der Waals surface area contributed by atoms with E-state index in [1.54, 1.807) is 6.07 Å². The minimum absolute atomic E-state index is 0.0845. The molecule has 0 radical (unpaired) electrons. The van der Waals surface area contributed by atoms with Crippen molar-refractivity contribution >= 4 is 17.6 Å². The van der Waals surface area contributed by atoms with E-state index in [-0.39, 0.29) is 17.6 Å². The molecule has 5 heteroatoms. The van der Waals surface area contributed by atoms with E-state index < -0.39 is 17.8 Å². The van der Waals surface area contributed by atoms with E-state index in [4.69, 9.17) is 4.74 Å². The van der Waals surface area contributed by atoms with Crippen molar-refractivity contribution in [2.75, 3.05) is 5.32 Å². The van der Waals surface area contributed by atoms with Gasteiger partial charge in [-0.05, 0) is 31.9 Å². The van der Waals surface area contributed by atoms with Crippen LogP contribution in [0.25, 0.3) is 0 Å². The summed E-state index contributed by atoms with van der Waals surface area (Å²) in [5.41, 5.74) is 0.0845. The first-order valence-electron chi connectivity index (χ1n) is 6.84. The number of anilines is 1. The predicted molar refractivity (Wildman–Crippen MR) is 72.5 cm³/mol. The lowest BCUT2D eigenvalue weighted by molar-refractivity contribution is -0.157. The molecular weight excluding hydrogens is 261 g/mol. The van der Waals surface area contributed by atoms with Crippen LogP contribution in [0.1, 0.15) is 32.6 Å². The van der Waals surface area contributed by atoms with Gasteiger partial charge in [0.2, 0.25) is 0 Å². The average Bonchev–Trinajstić information content (AvgIpc) is 2.95. The van der Waals surface area contributed by atoms with Crippen LogP contribution in [-0.2, 0) is 14.3 Å². The van der Waals surface area contributed by atoms with Gasteiger partial charge in [-0.15, -0.1) is 0 Å². The molecule has 1 saturated carbocycles. The van der Waals surface area contributed by atoms with Gasteiger partial charge in [-0.1, -0.05) is 25.0 Å². The van der Waals surface area contributed by atoms with E-state index in [1.807, 2.05) is 0 Å². The monoisotopic (exact) mass is 279 g/mol. The topological polar surface area (TPSA) is 55.4 Å². The highest BCUT2D eigenvalue weighted by Gasteiger charge is 2.27. The molecule has 0 heterocycles. The Morgan fingerprint density at radius 2 is 1.95 bits per heavy atom. The number of para-hydroxylation sites is 1. The number of carbonyl (C=O) groups is 2. The zero-order valence-electron chi connectivity index (χ0n) is 11.4. The molecule has 0 bridgehead atoms. The van der Waals surface area contributed by atoms with Gasteiger partial charge in [0.15, 0.2) is 6.10 Å². The molecule has 0 spiro atoms. The first kappa shape index (κ1) is 14.5. The summed E-state index contributed by atoms with van der Waals surface area (Å²) in [7, 11) is 0. The Morgan fingerprint density at radius 1 is 1.30 bits per heavy atom. The fourth-order valence-electron chi connectivity index (χ4n) is 2.28. The number of ether oxygens (including phenoxy) is 1. The second-order valence-electron chi connectivity index (χ2n) is 5.03. The molecular formula is C15H18FNO3. The third-order valence-electron chi connectivity index (χ3n) is 3.48. The smallest absolute Gasteiger partial charge is 0.309 e. The summed E-state index contributed by atoms with van der Waals surface area (Å²) in [5, 5.41) is 2.41. The SMILES string of the molecule is CC(OC(=O)C1CCCC1)C(=O)Nc1ccccc1F. The number of rotatable bonds is 4. The van der Waals surface area contributed by atoms with Crippen LogP contribution in [0, 0.1) is 11.7 Å². The average molecular weight is 279 g/mol. The lowest BCUT2D eigenvalue weighted by Gasteiger charge is -2.16. The predicted octanol–water partition coefficient (Wildman–Crippen LogP) is 2.89. The Kier molecular flexibility index (Phi) is 4.71. The maximum absolute atomic E-state index is 13.4. The molecule has 20 heavy (non-hydrogen) atoms. The first-order valence-corrected chi connectivity index (χ1v) is 6.84. The molecule has 1 fully saturated rings. The number of hydrogen-bond donors (Lipinski definition) is 1. The highest BCUT2D eigenvalue weighted by Crippen LogP contribution is 2.26. The summed E-state index contributed by atoms with van der Waals surface area (Å²) in [6, 6.07) is 5.87. The van der Waals surface area contributed by atoms with E-state index in [9.17, 15) is 14.0 Å². The Labute approximate surface area is 117 Å². The van der Waals surface area contributed by atoms with Crippen molar-refractivity contribution in [2.45, 2.75) is 38.7 Å². The number of hydrogen-bond acceptors (Lipinski definition) is 3. The van der Waals surface area contributed by atoms with E-state index in [0.717, 1.165) is 25.7 Å². The molecule has 0 aromatic heterocycles. The van der Waals surface area contributed by atoms with Gasteiger partial charge in [-0.25, -0.2) is 4.39 Å². The maximum Gasteiger partial charge on any atom is 0.309 e. The van der Waals surface area contributed by atoms with Gasteiger partial charge in [0.25, 0.3) is 5.91 Å². The fourth-order valence-corrected chi connectivity index (χ4v) is 2.28. The minimum Gasteiger partial charge on any atom is -0.452 e. The molecule has 4 nitrogen and oxygen atoms in total. The first-order chi connectivity index (χ1) is 9.58. The van der Waals surface area contributed by atoms with Gasteiger partial charge < -0.3 is 10.1 Å². The quantitative estimate of drug-likeness (QED) is 0.862. The van der Waals surface area contributed by atoms with Gasteiger partial charge in [0, 0.05) is 0 Å². The summed E-state index contributed by atoms with van der Waals surface area (Å²) in [4.78, 5) is 23.7. The van der Waals surface area contributed by atoms with Gasteiger partial charge >= 0.3 is 5.97 Å². The van der Waals surface area contributed by atoms with Crippen LogP contribution in [0.15, 0.2) is 24.3 Å². The highest BCUT2D eigenvalue weighted by molar-refractivity contribution is 5.95. The lowest BCUT2D eigenvalue weighted by Crippen LogP contribution is -2.32. The minimum atomic E-state index is -0.928.